The zero-order valence-corrected chi connectivity index (χ0v) is 13.2. The van der Waals surface area contributed by atoms with Gasteiger partial charge in [-0.3, -0.25) is 5.32 Å². The number of hydrogen-bond acceptors (Lipinski definition) is 4. The van der Waals surface area contributed by atoms with Gasteiger partial charge in [-0.15, -0.1) is 0 Å². The smallest absolute Gasteiger partial charge is 0.329 e. The van der Waals surface area contributed by atoms with E-state index in [4.69, 9.17) is 9.47 Å². The molecular formula is C16H25NO3. The van der Waals surface area contributed by atoms with Crippen molar-refractivity contribution in [2.24, 2.45) is 0 Å². The molecular weight excluding hydrogens is 254 g/mol. The molecule has 1 atom stereocenters. The number of carbonyl (C=O) groups is 1. The van der Waals surface area contributed by atoms with Crippen molar-refractivity contribution in [3.63, 3.8) is 0 Å². The molecule has 1 rings (SSSR count). The van der Waals surface area contributed by atoms with Gasteiger partial charge in [0.2, 0.25) is 0 Å². The number of rotatable bonds is 6. The van der Waals surface area contributed by atoms with Gasteiger partial charge in [0, 0.05) is 6.04 Å². The van der Waals surface area contributed by atoms with Crippen LogP contribution in [0.1, 0.15) is 31.9 Å². The van der Waals surface area contributed by atoms with Gasteiger partial charge in [-0.05, 0) is 51.8 Å². The van der Waals surface area contributed by atoms with Crippen LogP contribution in [0.4, 0.5) is 0 Å². The molecule has 112 valence electrons. The predicted molar refractivity (Wildman–Crippen MR) is 80.1 cm³/mol. The van der Waals surface area contributed by atoms with Gasteiger partial charge < -0.3 is 9.47 Å². The first-order chi connectivity index (χ1) is 9.28. The highest BCUT2D eigenvalue weighted by Crippen LogP contribution is 2.21. The van der Waals surface area contributed by atoms with Crippen molar-refractivity contribution in [1.29, 1.82) is 0 Å². The minimum absolute atomic E-state index is 0.154. The molecule has 0 bridgehead atoms. The molecule has 0 heterocycles. The van der Waals surface area contributed by atoms with Gasteiger partial charge in [0.1, 0.15) is 17.9 Å². The second-order valence-electron chi connectivity index (χ2n) is 5.68. The minimum atomic E-state index is -0.862. The van der Waals surface area contributed by atoms with Gasteiger partial charge in [0.25, 0.3) is 0 Å². The number of nitrogens with one attached hydrogen (secondary N) is 1. The summed E-state index contributed by atoms with van der Waals surface area (Å²) in [7, 11) is 1.39. The highest BCUT2D eigenvalue weighted by molar-refractivity contribution is 5.80. The first kappa shape index (κ1) is 16.5. The average Bonchev–Trinajstić information content (AvgIpc) is 2.38. The van der Waals surface area contributed by atoms with Crippen LogP contribution in [0.5, 0.6) is 5.75 Å². The summed E-state index contributed by atoms with van der Waals surface area (Å²) < 4.78 is 10.7. The second kappa shape index (κ2) is 6.75. The number of esters is 1. The fraction of sp³-hybridized carbons (Fsp3) is 0.562. The minimum Gasteiger partial charge on any atom is -0.491 e. The Hall–Kier alpha value is -1.55. The van der Waals surface area contributed by atoms with E-state index < -0.39 is 5.54 Å². The lowest BCUT2D eigenvalue weighted by molar-refractivity contribution is -0.149. The van der Waals surface area contributed by atoms with E-state index in [9.17, 15) is 4.79 Å². The Labute approximate surface area is 121 Å². The van der Waals surface area contributed by atoms with E-state index in [2.05, 4.69) is 5.32 Å². The van der Waals surface area contributed by atoms with Crippen molar-refractivity contribution in [2.45, 2.75) is 46.2 Å². The molecule has 0 saturated heterocycles. The monoisotopic (exact) mass is 279 g/mol. The molecule has 0 aliphatic carbocycles. The molecule has 0 aliphatic rings. The average molecular weight is 279 g/mol. The van der Waals surface area contributed by atoms with Gasteiger partial charge in [-0.25, -0.2) is 4.79 Å². The number of ether oxygens (including phenoxy) is 2. The van der Waals surface area contributed by atoms with Gasteiger partial charge in [0.15, 0.2) is 0 Å². The van der Waals surface area contributed by atoms with Crippen LogP contribution in [0.2, 0.25) is 0 Å². The Bertz CT molecular complexity index is 471. The maximum Gasteiger partial charge on any atom is 0.329 e. The molecule has 20 heavy (non-hydrogen) atoms. The van der Waals surface area contributed by atoms with E-state index in [1.807, 2.05) is 45.9 Å². The topological polar surface area (TPSA) is 47.6 Å². The largest absolute Gasteiger partial charge is 0.491 e. The van der Waals surface area contributed by atoms with E-state index in [1.54, 1.807) is 6.92 Å². The molecule has 4 heteroatoms. The van der Waals surface area contributed by atoms with Crippen LogP contribution in [0.15, 0.2) is 18.2 Å². The number of hydrogen-bond donors (Lipinski definition) is 1. The van der Waals surface area contributed by atoms with Crippen molar-refractivity contribution in [1.82, 2.24) is 5.32 Å². The third kappa shape index (κ3) is 4.23. The lowest BCUT2D eigenvalue weighted by atomic mass is 10.0. The van der Waals surface area contributed by atoms with E-state index >= 15 is 0 Å². The summed E-state index contributed by atoms with van der Waals surface area (Å²) in [5, 5.41) is 3.21. The first-order valence-corrected chi connectivity index (χ1v) is 6.84. The maximum atomic E-state index is 12.0. The van der Waals surface area contributed by atoms with Crippen molar-refractivity contribution >= 4 is 5.97 Å². The molecule has 1 aromatic rings. The summed E-state index contributed by atoms with van der Waals surface area (Å²) in [5.74, 6) is 0.474. The van der Waals surface area contributed by atoms with Crippen LogP contribution < -0.4 is 10.1 Å². The molecule has 0 saturated carbocycles. The quantitative estimate of drug-likeness (QED) is 0.813. The Morgan fingerprint density at radius 3 is 2.55 bits per heavy atom. The molecule has 4 nitrogen and oxygen atoms in total. The van der Waals surface area contributed by atoms with E-state index in [0.717, 1.165) is 16.9 Å². The summed E-state index contributed by atoms with van der Waals surface area (Å²) in [6.07, 6.45) is 0. The predicted octanol–water partition coefficient (Wildman–Crippen LogP) is 2.61. The fourth-order valence-electron chi connectivity index (χ4n) is 2.11. The SMILES string of the molecule is COC(=O)C(C)(COc1cc(C)ccc1C)NC(C)C. The number of carbonyl (C=O) groups excluding carboxylic acids is 1. The van der Waals surface area contributed by atoms with Gasteiger partial charge >= 0.3 is 5.97 Å². The summed E-state index contributed by atoms with van der Waals surface area (Å²) >= 11 is 0. The van der Waals surface area contributed by atoms with Gasteiger partial charge in [-0.1, -0.05) is 12.1 Å². The van der Waals surface area contributed by atoms with Crippen LogP contribution >= 0.6 is 0 Å². The lowest BCUT2D eigenvalue weighted by Crippen LogP contribution is -2.56. The Morgan fingerprint density at radius 2 is 2.00 bits per heavy atom. The normalized spacial score (nSPS) is 13.9. The van der Waals surface area contributed by atoms with Crippen LogP contribution in [0.25, 0.3) is 0 Å². The fourth-order valence-corrected chi connectivity index (χ4v) is 2.11. The van der Waals surface area contributed by atoms with Crippen LogP contribution in [0, 0.1) is 13.8 Å². The van der Waals surface area contributed by atoms with Crippen molar-refractivity contribution in [2.75, 3.05) is 13.7 Å². The van der Waals surface area contributed by atoms with Crippen LogP contribution in [-0.2, 0) is 9.53 Å². The Morgan fingerprint density at radius 1 is 1.35 bits per heavy atom. The highest BCUT2D eigenvalue weighted by Gasteiger charge is 2.36. The van der Waals surface area contributed by atoms with Crippen LogP contribution in [0.3, 0.4) is 0 Å². The van der Waals surface area contributed by atoms with Crippen molar-refractivity contribution in [3.05, 3.63) is 29.3 Å². The summed E-state index contributed by atoms with van der Waals surface area (Å²) in [5.41, 5.74) is 1.31. The molecule has 0 fully saturated rings. The summed E-state index contributed by atoms with van der Waals surface area (Å²) in [6.45, 7) is 9.99. The zero-order valence-electron chi connectivity index (χ0n) is 13.2. The summed E-state index contributed by atoms with van der Waals surface area (Å²) in [6, 6.07) is 6.17. The Kier molecular flexibility index (Phi) is 5.57. The molecule has 0 spiro atoms. The zero-order chi connectivity index (χ0) is 15.3. The van der Waals surface area contributed by atoms with Gasteiger partial charge in [-0.2, -0.15) is 0 Å². The third-order valence-corrected chi connectivity index (χ3v) is 3.10. The molecule has 1 N–H and O–H groups in total. The molecule has 0 aromatic heterocycles. The third-order valence-electron chi connectivity index (χ3n) is 3.10. The molecule has 0 aliphatic heterocycles. The van der Waals surface area contributed by atoms with E-state index in [-0.39, 0.29) is 18.6 Å². The number of benzene rings is 1. The number of aryl methyl sites for hydroxylation is 2. The lowest BCUT2D eigenvalue weighted by Gasteiger charge is -2.30. The maximum absolute atomic E-state index is 12.0. The molecule has 0 radical (unpaired) electrons. The highest BCUT2D eigenvalue weighted by atomic mass is 16.5. The summed E-state index contributed by atoms with van der Waals surface area (Å²) in [4.78, 5) is 12.0. The van der Waals surface area contributed by atoms with Crippen molar-refractivity contribution in [3.8, 4) is 5.75 Å². The molecule has 1 unspecified atom stereocenters. The Balaban J connectivity index is 2.86. The van der Waals surface area contributed by atoms with Crippen LogP contribution in [-0.4, -0.2) is 31.3 Å². The first-order valence-electron chi connectivity index (χ1n) is 6.84. The number of methoxy groups -OCH3 is 1. The molecule has 0 amide bonds. The molecule has 1 aromatic carbocycles. The van der Waals surface area contributed by atoms with E-state index in [0.29, 0.717) is 0 Å². The van der Waals surface area contributed by atoms with Crippen molar-refractivity contribution < 1.29 is 14.3 Å². The standard InChI is InChI=1S/C16H25NO3/c1-11(2)17-16(5,15(18)19-6)10-20-14-9-12(3)7-8-13(14)4/h7-9,11,17H,10H2,1-6H3. The van der Waals surface area contributed by atoms with Gasteiger partial charge in [0.05, 0.1) is 7.11 Å². The second-order valence-corrected chi connectivity index (χ2v) is 5.68. The van der Waals surface area contributed by atoms with E-state index in [1.165, 1.54) is 7.11 Å².